The highest BCUT2D eigenvalue weighted by Gasteiger charge is 2.01. The highest BCUT2D eigenvalue weighted by Crippen LogP contribution is 2.04. The number of aliphatic carboxylic acids is 1. The van der Waals surface area contributed by atoms with Crippen molar-refractivity contribution in [2.75, 3.05) is 0 Å². The van der Waals surface area contributed by atoms with Gasteiger partial charge in [0.25, 0.3) is 0 Å². The Morgan fingerprint density at radius 3 is 3.07 bits per heavy atom. The van der Waals surface area contributed by atoms with E-state index in [1.807, 2.05) is 0 Å². The molecule has 0 fully saturated rings. The van der Waals surface area contributed by atoms with E-state index in [-0.39, 0.29) is 5.57 Å². The van der Waals surface area contributed by atoms with Crippen LogP contribution in [0.15, 0.2) is 40.7 Å². The van der Waals surface area contributed by atoms with E-state index in [2.05, 4.69) is 4.99 Å². The van der Waals surface area contributed by atoms with Crippen LogP contribution in [0.25, 0.3) is 0 Å². The average Bonchev–Trinajstić information content (AvgIpc) is 2.15. The Morgan fingerprint density at radius 2 is 2.36 bits per heavy atom. The first-order chi connectivity index (χ1) is 6.70. The quantitative estimate of drug-likeness (QED) is 0.655. The molecule has 0 aromatic heterocycles. The Bertz CT molecular complexity index is 338. The predicted molar refractivity (Wildman–Crippen MR) is 54.9 cm³/mol. The van der Waals surface area contributed by atoms with Crippen LogP contribution in [0.2, 0.25) is 0 Å². The van der Waals surface area contributed by atoms with E-state index in [0.29, 0.717) is 12.1 Å². The smallest absolute Gasteiger partial charge is 0.335 e. The summed E-state index contributed by atoms with van der Waals surface area (Å²) in [6, 6.07) is 0. The average molecular weight is 192 g/mol. The van der Waals surface area contributed by atoms with E-state index >= 15 is 0 Å². The van der Waals surface area contributed by atoms with Gasteiger partial charge in [-0.3, -0.25) is 4.99 Å². The van der Waals surface area contributed by atoms with Gasteiger partial charge in [0, 0.05) is 18.1 Å². The lowest BCUT2D eigenvalue weighted by Gasteiger charge is -1.98. The predicted octanol–water partition coefficient (Wildman–Crippen LogP) is 1.22. The fourth-order valence-corrected chi connectivity index (χ4v) is 0.985. The van der Waals surface area contributed by atoms with Crippen molar-refractivity contribution in [1.82, 2.24) is 0 Å². The van der Waals surface area contributed by atoms with Crippen LogP contribution >= 0.6 is 0 Å². The Labute approximate surface area is 82.1 Å². The molecular weight excluding hydrogens is 180 g/mol. The van der Waals surface area contributed by atoms with Crippen LogP contribution in [-0.4, -0.2) is 17.3 Å². The van der Waals surface area contributed by atoms with Crippen molar-refractivity contribution in [1.29, 1.82) is 0 Å². The minimum atomic E-state index is -0.953. The molecule has 0 aromatic rings. The largest absolute Gasteiger partial charge is 0.478 e. The van der Waals surface area contributed by atoms with Gasteiger partial charge in [-0.2, -0.15) is 0 Å². The minimum absolute atomic E-state index is 0.225. The third kappa shape index (κ3) is 3.26. The van der Waals surface area contributed by atoms with Gasteiger partial charge in [0.1, 0.15) is 0 Å². The van der Waals surface area contributed by atoms with Crippen molar-refractivity contribution >= 4 is 12.2 Å². The topological polar surface area (TPSA) is 75.7 Å². The van der Waals surface area contributed by atoms with E-state index in [9.17, 15) is 4.79 Å². The lowest BCUT2D eigenvalue weighted by Crippen LogP contribution is -1.99. The summed E-state index contributed by atoms with van der Waals surface area (Å²) < 4.78 is 0. The molecule has 1 aliphatic heterocycles. The van der Waals surface area contributed by atoms with Gasteiger partial charge in [-0.25, -0.2) is 4.79 Å². The third-order valence-corrected chi connectivity index (χ3v) is 1.72. The normalized spacial score (nSPS) is 29.1. The number of aliphatic imine (C=N–C) groups is 1. The monoisotopic (exact) mass is 192 g/mol. The molecule has 1 aliphatic rings. The van der Waals surface area contributed by atoms with Crippen LogP contribution in [-0.2, 0) is 4.79 Å². The van der Waals surface area contributed by atoms with E-state index in [0.717, 1.165) is 6.42 Å². The summed E-state index contributed by atoms with van der Waals surface area (Å²) in [5.41, 5.74) is 6.51. The lowest BCUT2D eigenvalue weighted by atomic mass is 10.2. The highest BCUT2D eigenvalue weighted by atomic mass is 16.4. The Morgan fingerprint density at radius 1 is 1.57 bits per heavy atom. The summed E-state index contributed by atoms with van der Waals surface area (Å²) in [6.45, 7) is 0. The van der Waals surface area contributed by atoms with E-state index < -0.39 is 5.97 Å². The molecule has 0 saturated carbocycles. The van der Waals surface area contributed by atoms with Crippen molar-refractivity contribution < 1.29 is 9.90 Å². The van der Waals surface area contributed by atoms with Gasteiger partial charge >= 0.3 is 5.97 Å². The number of nitrogens with zero attached hydrogens (tertiary/aromatic N) is 1. The Hall–Kier alpha value is -1.84. The second-order valence-corrected chi connectivity index (χ2v) is 2.87. The van der Waals surface area contributed by atoms with Crippen molar-refractivity contribution in [3.8, 4) is 0 Å². The number of rotatable bonds is 1. The maximum Gasteiger partial charge on any atom is 0.335 e. The van der Waals surface area contributed by atoms with Crippen LogP contribution in [0.5, 0.6) is 0 Å². The third-order valence-electron chi connectivity index (χ3n) is 1.72. The first kappa shape index (κ1) is 10.2. The molecule has 0 saturated heterocycles. The van der Waals surface area contributed by atoms with Crippen LogP contribution in [0, 0.1) is 0 Å². The summed E-state index contributed by atoms with van der Waals surface area (Å²) in [5, 5.41) is 8.75. The number of carboxylic acids is 1. The van der Waals surface area contributed by atoms with E-state index in [4.69, 9.17) is 10.8 Å². The Balaban J connectivity index is 2.88. The number of nitrogens with two attached hydrogens (primary N) is 1. The van der Waals surface area contributed by atoms with Crippen molar-refractivity contribution in [2.45, 2.75) is 12.8 Å². The van der Waals surface area contributed by atoms with Crippen LogP contribution in [0.4, 0.5) is 0 Å². The highest BCUT2D eigenvalue weighted by molar-refractivity contribution is 5.94. The van der Waals surface area contributed by atoms with Gasteiger partial charge in [0.2, 0.25) is 0 Å². The number of hydrogen-bond acceptors (Lipinski definition) is 3. The molecule has 3 N–H and O–H groups in total. The van der Waals surface area contributed by atoms with Gasteiger partial charge in [0.05, 0.1) is 5.57 Å². The standard InChI is InChI=1S/C10H12N2O2/c11-9-4-2-1-3-8(10(13)14)5-6-12-7-9/h1,3,5-7H,2,4,11H2,(H,13,14)/b3-1+,8-5+,9-7-,12-6+. The molecular formula is C10H12N2O2. The van der Waals surface area contributed by atoms with E-state index in [1.165, 1.54) is 18.5 Å². The molecule has 0 bridgehead atoms. The number of carbonyl (C=O) groups is 1. The molecule has 0 aromatic carbocycles. The van der Waals surface area contributed by atoms with Gasteiger partial charge in [-0.05, 0) is 18.9 Å². The second kappa shape index (κ2) is 5.01. The summed E-state index contributed by atoms with van der Waals surface area (Å²) in [6.07, 6.45) is 9.17. The van der Waals surface area contributed by atoms with Crippen LogP contribution in [0.1, 0.15) is 12.8 Å². The molecule has 0 amide bonds. The second-order valence-electron chi connectivity index (χ2n) is 2.87. The fraction of sp³-hybridized carbons (Fsp3) is 0.200. The van der Waals surface area contributed by atoms with Gasteiger partial charge < -0.3 is 10.8 Å². The van der Waals surface area contributed by atoms with Crippen LogP contribution < -0.4 is 5.73 Å². The molecule has 1 heterocycles. The fourth-order valence-electron chi connectivity index (χ4n) is 0.985. The molecule has 74 valence electrons. The van der Waals surface area contributed by atoms with Crippen molar-refractivity contribution in [3.63, 3.8) is 0 Å². The molecule has 4 heteroatoms. The molecule has 0 atom stereocenters. The van der Waals surface area contributed by atoms with Crippen LogP contribution in [0.3, 0.4) is 0 Å². The van der Waals surface area contributed by atoms with Crippen molar-refractivity contribution in [3.05, 3.63) is 35.7 Å². The molecule has 4 nitrogen and oxygen atoms in total. The first-order valence-corrected chi connectivity index (χ1v) is 4.28. The van der Waals surface area contributed by atoms with E-state index in [1.54, 1.807) is 12.2 Å². The summed E-state index contributed by atoms with van der Waals surface area (Å²) in [7, 11) is 0. The molecule has 14 heavy (non-hydrogen) atoms. The zero-order valence-electron chi connectivity index (χ0n) is 7.68. The molecule has 0 radical (unpaired) electrons. The van der Waals surface area contributed by atoms with Gasteiger partial charge in [-0.1, -0.05) is 12.2 Å². The lowest BCUT2D eigenvalue weighted by molar-refractivity contribution is -0.132. The zero-order valence-corrected chi connectivity index (χ0v) is 7.68. The molecule has 0 aliphatic carbocycles. The Kier molecular flexibility index (Phi) is 3.67. The minimum Gasteiger partial charge on any atom is -0.478 e. The van der Waals surface area contributed by atoms with Gasteiger partial charge in [-0.15, -0.1) is 0 Å². The SMILES string of the molecule is N\C1=C/N=C/C=C(C(=O)O)\C=C\CC1. The molecule has 0 spiro atoms. The summed E-state index contributed by atoms with van der Waals surface area (Å²) >= 11 is 0. The first-order valence-electron chi connectivity index (χ1n) is 4.28. The summed E-state index contributed by atoms with van der Waals surface area (Å²) in [4.78, 5) is 14.5. The summed E-state index contributed by atoms with van der Waals surface area (Å²) in [5.74, 6) is -0.953. The molecule has 0 unspecified atom stereocenters. The number of carboxylic acid groups (broad SMARTS) is 1. The maximum absolute atomic E-state index is 10.7. The van der Waals surface area contributed by atoms with Gasteiger partial charge in [0.15, 0.2) is 0 Å². The maximum atomic E-state index is 10.7. The zero-order chi connectivity index (χ0) is 10.4. The molecule has 1 rings (SSSR count). The number of allylic oxidation sites excluding steroid dienone is 3. The number of hydrogen-bond donors (Lipinski definition) is 2. The van der Waals surface area contributed by atoms with Crippen molar-refractivity contribution in [2.24, 2.45) is 10.7 Å².